The lowest BCUT2D eigenvalue weighted by Gasteiger charge is -2.14. The second-order valence-electron chi connectivity index (χ2n) is 7.28. The number of aromatic nitrogens is 4. The molecule has 32 heavy (non-hydrogen) atoms. The molecule has 2 N–H and O–H groups in total. The van der Waals surface area contributed by atoms with E-state index in [0.717, 1.165) is 24.6 Å². The molecule has 0 aliphatic carbocycles. The van der Waals surface area contributed by atoms with E-state index in [0.29, 0.717) is 13.1 Å². The highest BCUT2D eigenvalue weighted by atomic mass is 127. The summed E-state index contributed by atoms with van der Waals surface area (Å²) in [6, 6.07) is 20.6. The molecule has 0 bridgehead atoms. The maximum absolute atomic E-state index is 4.46. The Hall–Kier alpha value is -3.14. The van der Waals surface area contributed by atoms with Crippen molar-refractivity contribution in [3.63, 3.8) is 0 Å². The van der Waals surface area contributed by atoms with Crippen molar-refractivity contribution in [2.24, 2.45) is 4.99 Å². The van der Waals surface area contributed by atoms with Crippen LogP contribution >= 0.6 is 24.0 Å². The van der Waals surface area contributed by atoms with Gasteiger partial charge in [0.1, 0.15) is 0 Å². The maximum Gasteiger partial charge on any atom is 0.191 e. The minimum Gasteiger partial charge on any atom is -0.352 e. The summed E-state index contributed by atoms with van der Waals surface area (Å²) >= 11 is 0. The van der Waals surface area contributed by atoms with Gasteiger partial charge in [0.15, 0.2) is 5.96 Å². The van der Waals surface area contributed by atoms with Gasteiger partial charge in [-0.25, -0.2) is 0 Å². The molecule has 0 spiro atoms. The third-order valence-electron chi connectivity index (χ3n) is 5.01. The monoisotopic (exact) mass is 541 g/mol. The molecule has 8 heteroatoms. The van der Waals surface area contributed by atoms with Crippen molar-refractivity contribution in [3.05, 3.63) is 108 Å². The Morgan fingerprint density at radius 3 is 2.31 bits per heavy atom. The van der Waals surface area contributed by atoms with Gasteiger partial charge in [-0.2, -0.15) is 10.2 Å². The summed E-state index contributed by atoms with van der Waals surface area (Å²) in [5, 5.41) is 15.5. The van der Waals surface area contributed by atoms with Gasteiger partial charge in [-0.15, -0.1) is 24.0 Å². The van der Waals surface area contributed by atoms with Gasteiger partial charge in [0, 0.05) is 44.3 Å². The predicted octanol–water partition coefficient (Wildman–Crippen LogP) is 3.66. The van der Waals surface area contributed by atoms with Crippen LogP contribution in [0.4, 0.5) is 0 Å². The lowest BCUT2D eigenvalue weighted by atomic mass is 10.1. The molecule has 0 aliphatic rings. The largest absolute Gasteiger partial charge is 0.352 e. The van der Waals surface area contributed by atoms with E-state index in [1.54, 1.807) is 13.2 Å². The predicted molar refractivity (Wildman–Crippen MR) is 138 cm³/mol. The molecule has 0 radical (unpaired) electrons. The molecule has 2 aromatic carbocycles. The zero-order valence-electron chi connectivity index (χ0n) is 18.1. The van der Waals surface area contributed by atoms with Crippen LogP contribution in [0, 0.1) is 0 Å². The number of hydrogen-bond acceptors (Lipinski definition) is 3. The van der Waals surface area contributed by atoms with Crippen molar-refractivity contribution >= 4 is 29.9 Å². The average molecular weight is 541 g/mol. The second-order valence-corrected chi connectivity index (χ2v) is 7.28. The van der Waals surface area contributed by atoms with Crippen molar-refractivity contribution in [1.29, 1.82) is 0 Å². The van der Waals surface area contributed by atoms with Gasteiger partial charge >= 0.3 is 0 Å². The van der Waals surface area contributed by atoms with E-state index in [4.69, 9.17) is 0 Å². The summed E-state index contributed by atoms with van der Waals surface area (Å²) in [4.78, 5) is 4.35. The van der Waals surface area contributed by atoms with Gasteiger partial charge in [-0.05, 0) is 22.8 Å². The zero-order valence-corrected chi connectivity index (χ0v) is 20.4. The molecular weight excluding hydrogens is 513 g/mol. The number of halogens is 1. The smallest absolute Gasteiger partial charge is 0.191 e. The molecule has 2 heterocycles. The standard InChI is InChI=1S/C24H27N7.HI/c1-25-24(26-14-21-15-29-31(18-21)17-20-8-3-2-4-9-20)27-16-22-10-5-6-11-23(22)19-30-13-7-12-28-30;/h2-13,15,18H,14,16-17,19H2,1H3,(H2,25,26,27);1H. The molecule has 0 saturated heterocycles. The summed E-state index contributed by atoms with van der Waals surface area (Å²) in [6.07, 6.45) is 7.73. The van der Waals surface area contributed by atoms with Crippen LogP contribution in [0.15, 0.2) is 90.4 Å². The summed E-state index contributed by atoms with van der Waals surface area (Å²) < 4.78 is 3.88. The molecule has 0 saturated carbocycles. The normalized spacial score (nSPS) is 11.1. The molecule has 0 atom stereocenters. The Labute approximate surface area is 205 Å². The van der Waals surface area contributed by atoms with Crippen molar-refractivity contribution in [3.8, 4) is 0 Å². The van der Waals surface area contributed by atoms with Gasteiger partial charge in [0.05, 0.1) is 19.3 Å². The first-order valence-corrected chi connectivity index (χ1v) is 10.3. The van der Waals surface area contributed by atoms with Gasteiger partial charge in [0.25, 0.3) is 0 Å². The fourth-order valence-corrected chi connectivity index (χ4v) is 3.39. The Bertz CT molecular complexity index is 1100. The van der Waals surface area contributed by atoms with Crippen molar-refractivity contribution in [2.45, 2.75) is 26.2 Å². The highest BCUT2D eigenvalue weighted by Crippen LogP contribution is 2.10. The van der Waals surface area contributed by atoms with Crippen molar-refractivity contribution in [1.82, 2.24) is 30.2 Å². The Kier molecular flexibility index (Phi) is 8.85. The molecular formula is C24H28IN7. The number of benzene rings is 2. The third kappa shape index (κ3) is 6.68. The summed E-state index contributed by atoms with van der Waals surface area (Å²) in [5.74, 6) is 0.754. The van der Waals surface area contributed by atoms with Crippen LogP contribution in [0.25, 0.3) is 0 Å². The molecule has 2 aromatic heterocycles. The van der Waals surface area contributed by atoms with Gasteiger partial charge in [0.2, 0.25) is 0 Å². The molecule has 0 amide bonds. The zero-order chi connectivity index (χ0) is 21.3. The van der Waals surface area contributed by atoms with Crippen molar-refractivity contribution < 1.29 is 0 Å². The first-order chi connectivity index (χ1) is 15.3. The minimum absolute atomic E-state index is 0. The molecule has 4 aromatic rings. The quantitative estimate of drug-likeness (QED) is 0.203. The van der Waals surface area contributed by atoms with Crippen LogP contribution in [0.3, 0.4) is 0 Å². The highest BCUT2D eigenvalue weighted by Gasteiger charge is 2.06. The molecule has 0 aliphatic heterocycles. The minimum atomic E-state index is 0. The van der Waals surface area contributed by atoms with Crippen LogP contribution in [-0.2, 0) is 26.2 Å². The number of nitrogens with one attached hydrogen (secondary N) is 2. The first kappa shape index (κ1) is 23.5. The summed E-state index contributed by atoms with van der Waals surface area (Å²) in [6.45, 7) is 2.85. The van der Waals surface area contributed by atoms with E-state index in [9.17, 15) is 0 Å². The number of rotatable bonds is 8. The fraction of sp³-hybridized carbons (Fsp3) is 0.208. The van der Waals surface area contributed by atoms with Crippen LogP contribution in [0.2, 0.25) is 0 Å². The van der Waals surface area contributed by atoms with Gasteiger partial charge in [-0.3, -0.25) is 14.4 Å². The molecule has 7 nitrogen and oxygen atoms in total. The maximum atomic E-state index is 4.46. The van der Waals surface area contributed by atoms with E-state index in [2.05, 4.69) is 68.4 Å². The number of hydrogen-bond donors (Lipinski definition) is 2. The van der Waals surface area contributed by atoms with E-state index in [1.165, 1.54) is 16.7 Å². The Balaban J connectivity index is 0.00000289. The molecule has 0 unspecified atom stereocenters. The summed E-state index contributed by atoms with van der Waals surface area (Å²) in [5.41, 5.74) is 4.79. The van der Waals surface area contributed by atoms with Crippen LogP contribution in [0.5, 0.6) is 0 Å². The fourth-order valence-electron chi connectivity index (χ4n) is 3.39. The van der Waals surface area contributed by atoms with Gasteiger partial charge < -0.3 is 10.6 Å². The van der Waals surface area contributed by atoms with Gasteiger partial charge in [-0.1, -0.05) is 54.6 Å². The lowest BCUT2D eigenvalue weighted by Crippen LogP contribution is -2.36. The Morgan fingerprint density at radius 2 is 1.56 bits per heavy atom. The SMILES string of the molecule is CN=C(NCc1cnn(Cc2ccccc2)c1)NCc1ccccc1Cn1cccn1.I. The van der Waals surface area contributed by atoms with Crippen molar-refractivity contribution in [2.75, 3.05) is 7.05 Å². The van der Waals surface area contributed by atoms with E-state index in [-0.39, 0.29) is 24.0 Å². The number of aliphatic imine (C=N–C) groups is 1. The highest BCUT2D eigenvalue weighted by molar-refractivity contribution is 14.0. The first-order valence-electron chi connectivity index (χ1n) is 10.3. The van der Waals surface area contributed by atoms with Crippen LogP contribution < -0.4 is 10.6 Å². The average Bonchev–Trinajstić information content (AvgIpc) is 3.48. The molecule has 0 fully saturated rings. The molecule has 4 rings (SSSR count). The number of nitrogens with zero attached hydrogens (tertiary/aromatic N) is 5. The second kappa shape index (κ2) is 12.0. The molecule has 166 valence electrons. The van der Waals surface area contributed by atoms with E-state index >= 15 is 0 Å². The topological polar surface area (TPSA) is 72.1 Å². The van der Waals surface area contributed by atoms with E-state index in [1.807, 2.05) is 46.0 Å². The van der Waals surface area contributed by atoms with Crippen LogP contribution in [0.1, 0.15) is 22.3 Å². The number of guanidine groups is 1. The Morgan fingerprint density at radius 1 is 0.812 bits per heavy atom. The van der Waals surface area contributed by atoms with Crippen LogP contribution in [-0.4, -0.2) is 32.6 Å². The summed E-state index contributed by atoms with van der Waals surface area (Å²) in [7, 11) is 1.78. The van der Waals surface area contributed by atoms with E-state index < -0.39 is 0 Å². The third-order valence-corrected chi connectivity index (χ3v) is 5.01. The lowest BCUT2D eigenvalue weighted by molar-refractivity contribution is 0.677.